The number of rotatable bonds is 11. The number of fused-ring (bicyclic) bond motifs is 3. The van der Waals surface area contributed by atoms with Crippen molar-refractivity contribution in [3.8, 4) is 0 Å². The summed E-state index contributed by atoms with van der Waals surface area (Å²) >= 11 is 0. The van der Waals surface area contributed by atoms with Crippen molar-refractivity contribution in [3.63, 3.8) is 0 Å². The van der Waals surface area contributed by atoms with Crippen LogP contribution in [0.25, 0.3) is 0 Å². The molecule has 5 aliphatic rings. The third-order valence-corrected chi connectivity index (χ3v) is 13.9. The maximum atomic E-state index is 14.5. The van der Waals surface area contributed by atoms with Crippen LogP contribution in [0.4, 0.5) is 4.79 Å². The van der Waals surface area contributed by atoms with Gasteiger partial charge in [0.25, 0.3) is 0 Å². The number of amides is 1. The van der Waals surface area contributed by atoms with Gasteiger partial charge >= 0.3 is 24.0 Å². The summed E-state index contributed by atoms with van der Waals surface area (Å²) < 4.78 is 38.6. The van der Waals surface area contributed by atoms with E-state index in [-0.39, 0.29) is 24.7 Å². The standard InChI is InChI=1S/C46H65NO12/c1-13-33-55-32-22-29-19-20-46(29,58-27(6)48)36-38(57-39(50)28-17-15-14-16-18-28)45(43(10,11)53)23-31(25(4)34(45)26(5)37(56-33)44(32,36)12)54-40(51)35(49)30(21-24(2)3)47-41(52)59-42(7,8)9/h13-18,24,26,29-33,35-38,49,53H,1,19-23H2,2-12H3,(H,47,52)/t26-,29+,30?,31?,32-,33?,35+,36-,37?,38-,44+,45-,46-/m0/s1. The molecule has 326 valence electrons. The molecular formula is C46H65NO12. The van der Waals surface area contributed by atoms with E-state index in [4.69, 9.17) is 28.4 Å². The molecule has 1 saturated heterocycles. The molecule has 6 rings (SSSR count). The van der Waals surface area contributed by atoms with Gasteiger partial charge in [-0.05, 0) is 102 Å². The van der Waals surface area contributed by atoms with Gasteiger partial charge in [-0.1, -0.05) is 52.5 Å². The SMILES string of the molecule is C=CC1OC2[C@@H](C)C3=C(C)C(OC(=O)[C@H](O)C(CC(C)C)NC(=O)OC(C)(C)C)C[C@@]3(C(C)(C)O)[C@@H](OC(=O)c3ccccc3)[C@@H]3[C@]4(OC(C)=O)CC[C@@H]4C[C@H](O1)[C@@]23C. The lowest BCUT2D eigenvalue weighted by Gasteiger charge is -2.68. The van der Waals surface area contributed by atoms with Crippen molar-refractivity contribution in [2.45, 2.75) is 168 Å². The van der Waals surface area contributed by atoms with Crippen molar-refractivity contribution in [1.82, 2.24) is 5.32 Å². The minimum atomic E-state index is -1.77. The van der Waals surface area contributed by atoms with Gasteiger partial charge in [-0.3, -0.25) is 4.79 Å². The molecule has 0 bridgehead atoms. The minimum absolute atomic E-state index is 0.0222. The number of hydrogen-bond donors (Lipinski definition) is 3. The largest absolute Gasteiger partial charge is 0.458 e. The Bertz CT molecular complexity index is 1830. The Morgan fingerprint density at radius 1 is 1.07 bits per heavy atom. The minimum Gasteiger partial charge on any atom is -0.458 e. The van der Waals surface area contributed by atoms with Crippen LogP contribution in [0.3, 0.4) is 0 Å². The van der Waals surface area contributed by atoms with Gasteiger partial charge in [-0.15, -0.1) is 0 Å². The maximum Gasteiger partial charge on any atom is 0.407 e. The van der Waals surface area contributed by atoms with E-state index >= 15 is 0 Å². The number of hydrogen-bond acceptors (Lipinski definition) is 12. The van der Waals surface area contributed by atoms with Gasteiger partial charge in [0.1, 0.15) is 23.4 Å². The van der Waals surface area contributed by atoms with Crippen LogP contribution in [-0.4, -0.2) is 93.9 Å². The fraction of sp³-hybridized carbons (Fsp3) is 0.696. The number of nitrogens with one attached hydrogen (secondary N) is 1. The second-order valence-corrected chi connectivity index (χ2v) is 19.7. The van der Waals surface area contributed by atoms with Crippen LogP contribution >= 0.6 is 0 Å². The Morgan fingerprint density at radius 3 is 2.27 bits per heavy atom. The van der Waals surface area contributed by atoms with Crippen LogP contribution in [-0.2, 0) is 38.0 Å². The molecule has 1 heterocycles. The fourth-order valence-electron chi connectivity index (χ4n) is 11.6. The third-order valence-electron chi connectivity index (χ3n) is 13.9. The van der Waals surface area contributed by atoms with Crippen molar-refractivity contribution in [2.75, 3.05) is 0 Å². The van der Waals surface area contributed by atoms with Crippen LogP contribution in [0.15, 0.2) is 54.1 Å². The maximum absolute atomic E-state index is 14.5. The predicted octanol–water partition coefficient (Wildman–Crippen LogP) is 6.59. The van der Waals surface area contributed by atoms with Gasteiger partial charge in [-0.2, -0.15) is 0 Å². The number of carbonyl (C=O) groups is 4. The van der Waals surface area contributed by atoms with Crippen LogP contribution in [0.2, 0.25) is 0 Å². The molecule has 13 nitrogen and oxygen atoms in total. The van der Waals surface area contributed by atoms with E-state index < -0.39 is 106 Å². The first kappa shape index (κ1) is 44.8. The number of benzene rings is 1. The van der Waals surface area contributed by atoms with E-state index in [1.54, 1.807) is 71.0 Å². The Hall–Kier alpha value is -3.78. The van der Waals surface area contributed by atoms with Gasteiger partial charge in [0, 0.05) is 36.5 Å². The molecule has 1 aliphatic heterocycles. The van der Waals surface area contributed by atoms with E-state index in [1.807, 2.05) is 27.7 Å². The molecule has 0 aromatic heterocycles. The smallest absolute Gasteiger partial charge is 0.407 e. The lowest BCUT2D eigenvalue weighted by atomic mass is 9.43. The van der Waals surface area contributed by atoms with Crippen LogP contribution in [0.5, 0.6) is 0 Å². The quantitative estimate of drug-likeness (QED) is 0.124. The molecule has 59 heavy (non-hydrogen) atoms. The van der Waals surface area contributed by atoms with E-state index in [9.17, 15) is 29.4 Å². The van der Waals surface area contributed by atoms with E-state index in [2.05, 4.69) is 18.8 Å². The van der Waals surface area contributed by atoms with E-state index in [0.29, 0.717) is 29.6 Å². The molecule has 1 aromatic carbocycles. The molecule has 1 amide bonds. The normalized spacial score (nSPS) is 36.0. The van der Waals surface area contributed by atoms with Crippen LogP contribution in [0, 0.1) is 34.5 Å². The summed E-state index contributed by atoms with van der Waals surface area (Å²) in [7, 11) is 0. The van der Waals surface area contributed by atoms with Gasteiger partial charge in [0.2, 0.25) is 0 Å². The topological polar surface area (TPSA) is 176 Å². The monoisotopic (exact) mass is 823 g/mol. The number of carbonyl (C=O) groups excluding carboxylic acids is 4. The summed E-state index contributed by atoms with van der Waals surface area (Å²) in [6.07, 6.45) is -2.98. The highest BCUT2D eigenvalue weighted by Crippen LogP contribution is 2.72. The van der Waals surface area contributed by atoms with Crippen LogP contribution in [0.1, 0.15) is 119 Å². The van der Waals surface area contributed by atoms with Crippen molar-refractivity contribution < 1.29 is 57.8 Å². The van der Waals surface area contributed by atoms with Crippen molar-refractivity contribution >= 4 is 24.0 Å². The molecule has 1 aromatic rings. The summed E-state index contributed by atoms with van der Waals surface area (Å²) in [5, 5.41) is 27.1. The highest BCUT2D eigenvalue weighted by atomic mass is 16.7. The molecule has 3 saturated carbocycles. The number of ether oxygens (including phenoxy) is 6. The zero-order valence-electron chi connectivity index (χ0n) is 36.5. The number of alkyl carbamates (subject to hydrolysis) is 1. The second-order valence-electron chi connectivity index (χ2n) is 19.7. The summed E-state index contributed by atoms with van der Waals surface area (Å²) in [4.78, 5) is 54.7. The Labute approximate surface area is 348 Å². The summed E-state index contributed by atoms with van der Waals surface area (Å²) in [6, 6.07) is 7.55. The number of aliphatic hydroxyl groups is 2. The average molecular weight is 824 g/mol. The van der Waals surface area contributed by atoms with Gasteiger partial charge in [-0.25, -0.2) is 14.4 Å². The Morgan fingerprint density at radius 2 is 1.73 bits per heavy atom. The highest BCUT2D eigenvalue weighted by Gasteiger charge is 2.79. The highest BCUT2D eigenvalue weighted by molar-refractivity contribution is 5.89. The van der Waals surface area contributed by atoms with Gasteiger partial charge in [0.05, 0.1) is 34.8 Å². The zero-order chi connectivity index (χ0) is 43.6. The molecule has 0 spiro atoms. The lowest BCUT2D eigenvalue weighted by Crippen LogP contribution is -2.75. The first-order valence-electron chi connectivity index (χ1n) is 21.1. The number of aliphatic hydroxyl groups excluding tert-OH is 1. The van der Waals surface area contributed by atoms with E-state index in [0.717, 1.165) is 6.42 Å². The van der Waals surface area contributed by atoms with Crippen LogP contribution < -0.4 is 5.32 Å². The molecule has 13 heteroatoms. The lowest BCUT2D eigenvalue weighted by molar-refractivity contribution is -0.361. The summed E-state index contributed by atoms with van der Waals surface area (Å²) in [5.41, 5.74) is -4.41. The molecule has 4 aliphatic carbocycles. The Kier molecular flexibility index (Phi) is 12.1. The summed E-state index contributed by atoms with van der Waals surface area (Å²) in [5.74, 6) is -3.53. The number of esters is 3. The predicted molar refractivity (Wildman–Crippen MR) is 217 cm³/mol. The fourth-order valence-corrected chi connectivity index (χ4v) is 11.6. The molecule has 3 N–H and O–H groups in total. The molecular weight excluding hydrogens is 759 g/mol. The van der Waals surface area contributed by atoms with Gasteiger partial charge in [0.15, 0.2) is 12.4 Å². The van der Waals surface area contributed by atoms with Gasteiger partial charge < -0.3 is 44.0 Å². The van der Waals surface area contributed by atoms with Crippen molar-refractivity contribution in [3.05, 3.63) is 59.7 Å². The molecule has 4 unspecified atom stereocenters. The zero-order valence-corrected chi connectivity index (χ0v) is 36.5. The second kappa shape index (κ2) is 15.9. The third kappa shape index (κ3) is 7.74. The molecule has 13 atom stereocenters. The first-order chi connectivity index (χ1) is 27.4. The summed E-state index contributed by atoms with van der Waals surface area (Å²) in [6.45, 7) is 23.6. The van der Waals surface area contributed by atoms with Crippen molar-refractivity contribution in [1.29, 1.82) is 0 Å². The van der Waals surface area contributed by atoms with E-state index in [1.165, 1.54) is 6.92 Å². The Balaban J connectivity index is 1.52. The average Bonchev–Trinajstić information content (AvgIpc) is 3.39. The molecule has 4 fully saturated rings. The first-order valence-corrected chi connectivity index (χ1v) is 21.1. The molecule has 0 radical (unpaired) electrons. The van der Waals surface area contributed by atoms with Crippen molar-refractivity contribution in [2.24, 2.45) is 34.5 Å².